The summed E-state index contributed by atoms with van der Waals surface area (Å²) >= 11 is 0. The van der Waals surface area contributed by atoms with Gasteiger partial charge in [-0.05, 0) is 31.0 Å². The molecule has 1 aromatic heterocycles. The van der Waals surface area contributed by atoms with Crippen LogP contribution in [0, 0.1) is 6.92 Å². The monoisotopic (exact) mass is 350 g/mol. The van der Waals surface area contributed by atoms with Crippen molar-refractivity contribution in [1.29, 1.82) is 0 Å². The molecule has 3 heterocycles. The second-order valence-electron chi connectivity index (χ2n) is 7.13. The maximum Gasteiger partial charge on any atom is 0.145 e. The van der Waals surface area contributed by atoms with E-state index in [1.807, 2.05) is 12.3 Å². The standard InChI is InChI=1S/C21H26N4O/c1-17-14-19(8-9-22-17)25-11-5-10-24(12-13-25)16-20-15-21(23-26-20)18-6-3-2-4-7-18/h2-4,6-9,14,20H,5,10-13,15-16H2,1H3/t20-/m1/s1. The highest BCUT2D eigenvalue weighted by Crippen LogP contribution is 2.20. The minimum absolute atomic E-state index is 0.167. The van der Waals surface area contributed by atoms with Gasteiger partial charge in [-0.15, -0.1) is 0 Å². The zero-order chi connectivity index (χ0) is 17.8. The first-order valence-electron chi connectivity index (χ1n) is 9.46. The minimum atomic E-state index is 0.167. The van der Waals surface area contributed by atoms with Crippen molar-refractivity contribution < 1.29 is 4.84 Å². The van der Waals surface area contributed by atoms with E-state index < -0.39 is 0 Å². The second kappa shape index (κ2) is 7.87. The summed E-state index contributed by atoms with van der Waals surface area (Å²) < 4.78 is 0. The molecule has 0 N–H and O–H groups in total. The molecule has 4 rings (SSSR count). The van der Waals surface area contributed by atoms with E-state index in [4.69, 9.17) is 4.84 Å². The van der Waals surface area contributed by atoms with Crippen molar-refractivity contribution in [1.82, 2.24) is 9.88 Å². The summed E-state index contributed by atoms with van der Waals surface area (Å²) in [5, 5.41) is 4.32. The average molecular weight is 350 g/mol. The van der Waals surface area contributed by atoms with E-state index in [9.17, 15) is 0 Å². The summed E-state index contributed by atoms with van der Waals surface area (Å²) in [5.41, 5.74) is 4.60. The highest BCUT2D eigenvalue weighted by molar-refractivity contribution is 6.01. The molecule has 2 aliphatic rings. The zero-order valence-corrected chi connectivity index (χ0v) is 15.3. The maximum atomic E-state index is 5.72. The maximum absolute atomic E-state index is 5.72. The molecule has 0 radical (unpaired) electrons. The van der Waals surface area contributed by atoms with E-state index in [-0.39, 0.29) is 6.10 Å². The molecule has 26 heavy (non-hydrogen) atoms. The van der Waals surface area contributed by atoms with Gasteiger partial charge in [-0.3, -0.25) is 9.88 Å². The summed E-state index contributed by atoms with van der Waals surface area (Å²) in [6, 6.07) is 14.6. The van der Waals surface area contributed by atoms with Crippen LogP contribution in [0.15, 0.2) is 53.8 Å². The Bertz CT molecular complexity index is 762. The topological polar surface area (TPSA) is 41.0 Å². The fourth-order valence-corrected chi connectivity index (χ4v) is 3.75. The van der Waals surface area contributed by atoms with Gasteiger partial charge in [0.1, 0.15) is 6.10 Å². The Morgan fingerprint density at radius 1 is 1.08 bits per heavy atom. The lowest BCUT2D eigenvalue weighted by Crippen LogP contribution is -2.36. The fourth-order valence-electron chi connectivity index (χ4n) is 3.75. The van der Waals surface area contributed by atoms with Crippen molar-refractivity contribution in [2.24, 2.45) is 5.16 Å². The molecule has 0 bridgehead atoms. The molecule has 1 saturated heterocycles. The van der Waals surface area contributed by atoms with Crippen molar-refractivity contribution in [2.75, 3.05) is 37.6 Å². The largest absolute Gasteiger partial charge is 0.390 e. The third-order valence-electron chi connectivity index (χ3n) is 5.14. The molecule has 2 aliphatic heterocycles. The van der Waals surface area contributed by atoms with Gasteiger partial charge in [0, 0.05) is 56.7 Å². The van der Waals surface area contributed by atoms with Crippen molar-refractivity contribution in [3.63, 3.8) is 0 Å². The highest BCUT2D eigenvalue weighted by Gasteiger charge is 2.25. The van der Waals surface area contributed by atoms with E-state index >= 15 is 0 Å². The van der Waals surface area contributed by atoms with Crippen LogP contribution < -0.4 is 4.90 Å². The summed E-state index contributed by atoms with van der Waals surface area (Å²) in [5.74, 6) is 0. The lowest BCUT2D eigenvalue weighted by atomic mass is 10.0. The number of aryl methyl sites for hydroxylation is 1. The lowest BCUT2D eigenvalue weighted by molar-refractivity contribution is 0.0544. The van der Waals surface area contributed by atoms with E-state index in [1.165, 1.54) is 17.7 Å². The van der Waals surface area contributed by atoms with Crippen LogP contribution in [0.25, 0.3) is 0 Å². The van der Waals surface area contributed by atoms with Gasteiger partial charge in [0.25, 0.3) is 0 Å². The molecule has 0 saturated carbocycles. The molecule has 0 aliphatic carbocycles. The first-order chi connectivity index (χ1) is 12.8. The van der Waals surface area contributed by atoms with Crippen LogP contribution in [0.5, 0.6) is 0 Å². The Morgan fingerprint density at radius 3 is 2.81 bits per heavy atom. The molecule has 0 unspecified atom stereocenters. The number of benzene rings is 1. The molecular formula is C21H26N4O. The lowest BCUT2D eigenvalue weighted by Gasteiger charge is -2.24. The van der Waals surface area contributed by atoms with Crippen molar-refractivity contribution in [3.05, 3.63) is 59.9 Å². The minimum Gasteiger partial charge on any atom is -0.390 e. The van der Waals surface area contributed by atoms with Gasteiger partial charge in [0.2, 0.25) is 0 Å². The quantitative estimate of drug-likeness (QED) is 0.850. The second-order valence-corrected chi connectivity index (χ2v) is 7.13. The van der Waals surface area contributed by atoms with Crippen LogP contribution in [-0.2, 0) is 4.84 Å². The molecule has 1 atom stereocenters. The summed E-state index contributed by atoms with van der Waals surface area (Å²) in [4.78, 5) is 15.0. The normalized spacial score (nSPS) is 21.2. The SMILES string of the molecule is Cc1cc(N2CCCN(C[C@H]3CC(c4ccccc4)=NO3)CC2)ccn1. The Morgan fingerprint density at radius 2 is 1.96 bits per heavy atom. The average Bonchev–Trinajstić information content (AvgIpc) is 3.00. The summed E-state index contributed by atoms with van der Waals surface area (Å²) in [6.45, 7) is 7.31. The van der Waals surface area contributed by atoms with Crippen LogP contribution in [0.3, 0.4) is 0 Å². The predicted octanol–water partition coefficient (Wildman–Crippen LogP) is 3.10. The zero-order valence-electron chi connectivity index (χ0n) is 15.3. The molecule has 1 aromatic carbocycles. The van der Waals surface area contributed by atoms with Gasteiger partial charge in [0.05, 0.1) is 5.71 Å². The number of aromatic nitrogens is 1. The van der Waals surface area contributed by atoms with Gasteiger partial charge in [-0.2, -0.15) is 0 Å². The highest BCUT2D eigenvalue weighted by atomic mass is 16.6. The van der Waals surface area contributed by atoms with Gasteiger partial charge < -0.3 is 9.74 Å². The Kier molecular flexibility index (Phi) is 5.16. The molecular weight excluding hydrogens is 324 g/mol. The Labute approximate surface area is 155 Å². The number of rotatable bonds is 4. The van der Waals surface area contributed by atoms with Crippen LogP contribution in [0.1, 0.15) is 24.1 Å². The number of oxime groups is 1. The van der Waals surface area contributed by atoms with Gasteiger partial charge >= 0.3 is 0 Å². The molecule has 0 spiro atoms. The van der Waals surface area contributed by atoms with Crippen molar-refractivity contribution >= 4 is 11.4 Å². The molecule has 0 amide bonds. The van der Waals surface area contributed by atoms with Crippen molar-refractivity contribution in [2.45, 2.75) is 25.9 Å². The Hall–Kier alpha value is -2.40. The van der Waals surface area contributed by atoms with Crippen molar-refractivity contribution in [3.8, 4) is 0 Å². The van der Waals surface area contributed by atoms with Crippen LogP contribution in [-0.4, -0.2) is 54.4 Å². The third kappa shape index (κ3) is 4.05. The van der Waals surface area contributed by atoms with Crippen LogP contribution in [0.2, 0.25) is 0 Å². The first kappa shape index (κ1) is 17.0. The van der Waals surface area contributed by atoms with E-state index in [2.05, 4.69) is 63.3 Å². The number of hydrogen-bond acceptors (Lipinski definition) is 5. The predicted molar refractivity (Wildman–Crippen MR) is 105 cm³/mol. The first-order valence-corrected chi connectivity index (χ1v) is 9.46. The van der Waals surface area contributed by atoms with E-state index in [0.29, 0.717) is 0 Å². The molecule has 1 fully saturated rings. The molecule has 5 heteroatoms. The molecule has 5 nitrogen and oxygen atoms in total. The fraction of sp³-hybridized carbons (Fsp3) is 0.429. The van der Waals surface area contributed by atoms with Gasteiger partial charge in [0.15, 0.2) is 0 Å². The summed E-state index contributed by atoms with van der Waals surface area (Å²) in [7, 11) is 0. The summed E-state index contributed by atoms with van der Waals surface area (Å²) in [6.07, 6.45) is 4.14. The third-order valence-corrected chi connectivity index (χ3v) is 5.14. The van der Waals surface area contributed by atoms with Crippen LogP contribution >= 0.6 is 0 Å². The number of pyridine rings is 1. The molecule has 136 valence electrons. The number of nitrogens with zero attached hydrogens (tertiary/aromatic N) is 4. The van der Waals surface area contributed by atoms with Gasteiger partial charge in [-0.25, -0.2) is 0 Å². The number of hydrogen-bond donors (Lipinski definition) is 0. The van der Waals surface area contributed by atoms with E-state index in [1.54, 1.807) is 0 Å². The number of anilines is 1. The van der Waals surface area contributed by atoms with Gasteiger partial charge in [-0.1, -0.05) is 35.5 Å². The molecule has 2 aromatic rings. The van der Waals surface area contributed by atoms with E-state index in [0.717, 1.165) is 50.6 Å². The Balaban J connectivity index is 1.30. The van der Waals surface area contributed by atoms with Crippen LogP contribution in [0.4, 0.5) is 5.69 Å². The smallest absolute Gasteiger partial charge is 0.145 e.